The van der Waals surface area contributed by atoms with Crippen LogP contribution >= 0.6 is 0 Å². The number of likely N-dealkylation sites (tertiary alicyclic amines) is 1. The zero-order valence-electron chi connectivity index (χ0n) is 10.7. The molecule has 1 heterocycles. The monoisotopic (exact) mass is 243 g/mol. The van der Waals surface area contributed by atoms with E-state index in [1.165, 1.54) is 18.4 Å². The van der Waals surface area contributed by atoms with E-state index in [1.807, 2.05) is 6.07 Å². The highest BCUT2D eigenvalue weighted by Gasteiger charge is 2.25. The van der Waals surface area contributed by atoms with Crippen molar-refractivity contribution < 1.29 is 0 Å². The lowest BCUT2D eigenvalue weighted by Gasteiger charge is -2.37. The van der Waals surface area contributed by atoms with E-state index in [9.17, 15) is 0 Å². The topological polar surface area (TPSA) is 39.1 Å². The molecule has 1 aromatic rings. The SMILES string of the molecule is C=CCNC(=N)N1CCCCC1c1ccccc1. The van der Waals surface area contributed by atoms with Gasteiger partial charge in [0.1, 0.15) is 0 Å². The van der Waals surface area contributed by atoms with E-state index in [0.29, 0.717) is 18.5 Å². The summed E-state index contributed by atoms with van der Waals surface area (Å²) in [5.74, 6) is 0.517. The highest BCUT2D eigenvalue weighted by molar-refractivity contribution is 5.77. The minimum absolute atomic E-state index is 0.338. The maximum Gasteiger partial charge on any atom is 0.191 e. The van der Waals surface area contributed by atoms with Crippen LogP contribution in [-0.4, -0.2) is 23.9 Å². The van der Waals surface area contributed by atoms with Crippen LogP contribution in [0.15, 0.2) is 43.0 Å². The summed E-state index contributed by atoms with van der Waals surface area (Å²) in [6.45, 7) is 5.29. The molecule has 0 saturated carbocycles. The average molecular weight is 243 g/mol. The molecule has 1 saturated heterocycles. The van der Waals surface area contributed by atoms with Crippen molar-refractivity contribution in [1.29, 1.82) is 5.41 Å². The fourth-order valence-corrected chi connectivity index (χ4v) is 2.49. The molecule has 2 rings (SSSR count). The van der Waals surface area contributed by atoms with Crippen molar-refractivity contribution in [2.45, 2.75) is 25.3 Å². The number of piperidine rings is 1. The molecule has 1 fully saturated rings. The largest absolute Gasteiger partial charge is 0.353 e. The molecule has 2 N–H and O–H groups in total. The molecule has 18 heavy (non-hydrogen) atoms. The van der Waals surface area contributed by atoms with E-state index in [0.717, 1.165) is 13.0 Å². The Balaban J connectivity index is 2.11. The standard InChI is InChI=1S/C15H21N3/c1-2-11-17-15(16)18-12-7-6-10-14(18)13-8-4-3-5-9-13/h2-5,8-9,14H,1,6-7,10-12H2,(H2,16,17). The molecule has 1 aromatic carbocycles. The Morgan fingerprint density at radius 1 is 1.39 bits per heavy atom. The van der Waals surface area contributed by atoms with Crippen LogP contribution < -0.4 is 5.32 Å². The van der Waals surface area contributed by atoms with Crippen molar-refractivity contribution in [3.8, 4) is 0 Å². The second kappa shape index (κ2) is 6.24. The minimum atomic E-state index is 0.338. The summed E-state index contributed by atoms with van der Waals surface area (Å²) in [7, 11) is 0. The lowest BCUT2D eigenvalue weighted by atomic mass is 9.95. The number of hydrogen-bond acceptors (Lipinski definition) is 1. The van der Waals surface area contributed by atoms with Gasteiger partial charge in [-0.3, -0.25) is 5.41 Å². The van der Waals surface area contributed by atoms with Crippen molar-refractivity contribution in [1.82, 2.24) is 10.2 Å². The van der Waals surface area contributed by atoms with Gasteiger partial charge >= 0.3 is 0 Å². The van der Waals surface area contributed by atoms with E-state index < -0.39 is 0 Å². The van der Waals surface area contributed by atoms with Crippen LogP contribution in [0.3, 0.4) is 0 Å². The molecule has 1 atom stereocenters. The second-order valence-corrected chi connectivity index (χ2v) is 4.63. The molecule has 0 amide bonds. The maximum atomic E-state index is 8.13. The van der Waals surface area contributed by atoms with Gasteiger partial charge in [0.05, 0.1) is 6.04 Å². The first-order chi connectivity index (χ1) is 8.83. The minimum Gasteiger partial charge on any atom is -0.353 e. The van der Waals surface area contributed by atoms with Crippen LogP contribution in [0.1, 0.15) is 30.9 Å². The van der Waals surface area contributed by atoms with Crippen molar-refractivity contribution in [2.75, 3.05) is 13.1 Å². The molecule has 1 unspecified atom stereocenters. The Bertz CT molecular complexity index is 399. The first-order valence-corrected chi connectivity index (χ1v) is 6.58. The lowest BCUT2D eigenvalue weighted by Crippen LogP contribution is -2.45. The molecule has 1 aliphatic heterocycles. The first-order valence-electron chi connectivity index (χ1n) is 6.58. The predicted molar refractivity (Wildman–Crippen MR) is 75.7 cm³/mol. The maximum absolute atomic E-state index is 8.13. The summed E-state index contributed by atoms with van der Waals surface area (Å²) in [5, 5.41) is 11.2. The van der Waals surface area contributed by atoms with Gasteiger partial charge < -0.3 is 10.2 Å². The lowest BCUT2D eigenvalue weighted by molar-refractivity contribution is 0.236. The molecule has 0 radical (unpaired) electrons. The second-order valence-electron chi connectivity index (χ2n) is 4.63. The summed E-state index contributed by atoms with van der Waals surface area (Å²) < 4.78 is 0. The van der Waals surface area contributed by atoms with E-state index in [4.69, 9.17) is 5.41 Å². The highest BCUT2D eigenvalue weighted by atomic mass is 15.3. The third-order valence-electron chi connectivity index (χ3n) is 3.39. The summed E-state index contributed by atoms with van der Waals surface area (Å²) in [4.78, 5) is 2.17. The van der Waals surface area contributed by atoms with Gasteiger partial charge in [0.25, 0.3) is 0 Å². The Morgan fingerprint density at radius 3 is 2.89 bits per heavy atom. The zero-order chi connectivity index (χ0) is 12.8. The molecular weight excluding hydrogens is 222 g/mol. The van der Waals surface area contributed by atoms with Crippen LogP contribution in [0.5, 0.6) is 0 Å². The molecule has 3 nitrogen and oxygen atoms in total. The summed E-state index contributed by atoms with van der Waals surface area (Å²) in [6, 6.07) is 10.8. The number of benzene rings is 1. The number of guanidine groups is 1. The van der Waals surface area contributed by atoms with Crippen molar-refractivity contribution in [2.24, 2.45) is 0 Å². The molecule has 96 valence electrons. The van der Waals surface area contributed by atoms with Crippen LogP contribution in [0.2, 0.25) is 0 Å². The van der Waals surface area contributed by atoms with E-state index in [1.54, 1.807) is 6.08 Å². The van der Waals surface area contributed by atoms with Crippen LogP contribution in [0.4, 0.5) is 0 Å². The van der Waals surface area contributed by atoms with Gasteiger partial charge in [-0.1, -0.05) is 36.4 Å². The third kappa shape index (κ3) is 2.92. The van der Waals surface area contributed by atoms with Gasteiger partial charge in [0.15, 0.2) is 5.96 Å². The molecule has 0 aliphatic carbocycles. The predicted octanol–water partition coefficient (Wildman–Crippen LogP) is 2.92. The Labute approximate surface area is 109 Å². The number of hydrogen-bond donors (Lipinski definition) is 2. The van der Waals surface area contributed by atoms with Crippen LogP contribution in [-0.2, 0) is 0 Å². The van der Waals surface area contributed by atoms with Crippen molar-refractivity contribution >= 4 is 5.96 Å². The number of nitrogens with zero attached hydrogens (tertiary/aromatic N) is 1. The Kier molecular flexibility index (Phi) is 4.40. The van der Waals surface area contributed by atoms with Crippen LogP contribution in [0, 0.1) is 5.41 Å². The molecule has 1 aliphatic rings. The Morgan fingerprint density at radius 2 is 2.17 bits per heavy atom. The van der Waals surface area contributed by atoms with E-state index in [2.05, 4.69) is 41.1 Å². The Hall–Kier alpha value is -1.77. The van der Waals surface area contributed by atoms with Gasteiger partial charge in [-0.05, 0) is 24.8 Å². The molecule has 0 bridgehead atoms. The zero-order valence-corrected chi connectivity index (χ0v) is 10.7. The van der Waals surface area contributed by atoms with E-state index in [-0.39, 0.29) is 0 Å². The van der Waals surface area contributed by atoms with E-state index >= 15 is 0 Å². The van der Waals surface area contributed by atoms with Gasteiger partial charge in [0, 0.05) is 13.1 Å². The van der Waals surface area contributed by atoms with Gasteiger partial charge in [-0.25, -0.2) is 0 Å². The molecular formula is C15H21N3. The summed E-state index contributed by atoms with van der Waals surface area (Å²) >= 11 is 0. The van der Waals surface area contributed by atoms with Gasteiger partial charge in [-0.2, -0.15) is 0 Å². The summed E-state index contributed by atoms with van der Waals surface area (Å²) in [6.07, 6.45) is 5.32. The van der Waals surface area contributed by atoms with Crippen molar-refractivity contribution in [3.63, 3.8) is 0 Å². The third-order valence-corrected chi connectivity index (χ3v) is 3.39. The average Bonchev–Trinajstić information content (AvgIpc) is 2.45. The molecule has 0 aromatic heterocycles. The number of nitrogens with one attached hydrogen (secondary N) is 2. The number of rotatable bonds is 3. The molecule has 0 spiro atoms. The smallest absolute Gasteiger partial charge is 0.191 e. The normalized spacial score (nSPS) is 19.3. The van der Waals surface area contributed by atoms with Gasteiger partial charge in [0.2, 0.25) is 0 Å². The van der Waals surface area contributed by atoms with Gasteiger partial charge in [-0.15, -0.1) is 6.58 Å². The fourth-order valence-electron chi connectivity index (χ4n) is 2.49. The summed E-state index contributed by atoms with van der Waals surface area (Å²) in [5.41, 5.74) is 1.31. The van der Waals surface area contributed by atoms with Crippen LogP contribution in [0.25, 0.3) is 0 Å². The highest BCUT2D eigenvalue weighted by Crippen LogP contribution is 2.30. The fraction of sp³-hybridized carbons (Fsp3) is 0.400. The quantitative estimate of drug-likeness (QED) is 0.487. The molecule has 3 heteroatoms. The first kappa shape index (κ1) is 12.7. The van der Waals surface area contributed by atoms with Crippen molar-refractivity contribution in [3.05, 3.63) is 48.6 Å².